The van der Waals surface area contributed by atoms with Crippen molar-refractivity contribution >= 4 is 16.8 Å². The molecular weight excluding hydrogens is 613 g/mol. The molecule has 12 heteroatoms. The maximum Gasteiger partial charge on any atom is 0.257 e. The van der Waals surface area contributed by atoms with Gasteiger partial charge in [0.25, 0.3) is 5.91 Å². The van der Waals surface area contributed by atoms with Crippen molar-refractivity contribution in [1.29, 1.82) is 5.26 Å². The number of carbonyl (C=O) groups is 1. The van der Waals surface area contributed by atoms with Gasteiger partial charge in [0.2, 0.25) is 11.8 Å². The van der Waals surface area contributed by atoms with Gasteiger partial charge in [-0.25, -0.2) is 4.39 Å². The second-order valence-corrected chi connectivity index (χ2v) is 12.8. The Bertz CT molecular complexity index is 2090. The molecule has 5 aromatic rings. The lowest BCUT2D eigenvalue weighted by Crippen LogP contribution is -2.38. The Balaban J connectivity index is 1.28. The smallest absolute Gasteiger partial charge is 0.257 e. The molecule has 6 heterocycles. The average Bonchev–Trinajstić information content (AvgIpc) is 3.82. The Morgan fingerprint density at radius 2 is 1.92 bits per heavy atom. The molecule has 2 fully saturated rings. The third-order valence-electron chi connectivity index (χ3n) is 9.94. The minimum Gasteiger partial charge on any atom is -0.421 e. The van der Waals surface area contributed by atoms with Gasteiger partial charge in [0, 0.05) is 37.6 Å². The summed E-state index contributed by atoms with van der Waals surface area (Å²) in [5, 5.41) is 23.3. The number of pyridine rings is 1. The molecule has 1 amide bonds. The van der Waals surface area contributed by atoms with E-state index >= 15 is 0 Å². The van der Waals surface area contributed by atoms with E-state index in [0.29, 0.717) is 60.6 Å². The number of aryl methyl sites for hydroxylation is 2. The van der Waals surface area contributed by atoms with E-state index < -0.39 is 5.82 Å². The van der Waals surface area contributed by atoms with E-state index in [1.807, 2.05) is 40.8 Å². The molecule has 244 valence electrons. The number of amides is 1. The molecule has 48 heavy (non-hydrogen) atoms. The molecule has 3 aliphatic heterocycles. The van der Waals surface area contributed by atoms with Gasteiger partial charge in [0.15, 0.2) is 0 Å². The van der Waals surface area contributed by atoms with Crippen molar-refractivity contribution in [1.82, 2.24) is 29.9 Å². The number of aromatic nitrogens is 5. The zero-order chi connectivity index (χ0) is 32.9. The van der Waals surface area contributed by atoms with Crippen molar-refractivity contribution in [3.63, 3.8) is 0 Å². The van der Waals surface area contributed by atoms with Gasteiger partial charge in [-0.1, -0.05) is 12.1 Å². The van der Waals surface area contributed by atoms with E-state index in [4.69, 9.17) is 24.1 Å². The highest BCUT2D eigenvalue weighted by atomic mass is 19.1. The molecule has 2 atom stereocenters. The summed E-state index contributed by atoms with van der Waals surface area (Å²) >= 11 is 0. The number of fused-ring (bicyclic) bond motifs is 4. The van der Waals surface area contributed by atoms with Crippen molar-refractivity contribution in [2.45, 2.75) is 51.6 Å². The Morgan fingerprint density at radius 1 is 1.06 bits per heavy atom. The molecule has 3 aliphatic rings. The van der Waals surface area contributed by atoms with E-state index in [9.17, 15) is 9.18 Å². The summed E-state index contributed by atoms with van der Waals surface area (Å²) in [7, 11) is 0. The zero-order valence-electron chi connectivity index (χ0n) is 26.8. The predicted molar refractivity (Wildman–Crippen MR) is 172 cm³/mol. The lowest BCUT2D eigenvalue weighted by atomic mass is 9.88. The largest absolute Gasteiger partial charge is 0.421 e. The van der Waals surface area contributed by atoms with Crippen LogP contribution in [-0.2, 0) is 15.9 Å². The topological polar surface area (TPSA) is 132 Å². The Kier molecular flexibility index (Phi) is 7.73. The van der Waals surface area contributed by atoms with Gasteiger partial charge in [-0.3, -0.25) is 14.5 Å². The molecule has 8 rings (SSSR count). The maximum absolute atomic E-state index is 14.5. The first-order valence-corrected chi connectivity index (χ1v) is 16.4. The third-order valence-corrected chi connectivity index (χ3v) is 9.94. The van der Waals surface area contributed by atoms with Crippen LogP contribution in [0, 0.1) is 30.0 Å². The number of rotatable bonds is 7. The van der Waals surface area contributed by atoms with Crippen LogP contribution in [0.5, 0.6) is 0 Å². The summed E-state index contributed by atoms with van der Waals surface area (Å²) in [5.41, 5.74) is 5.85. The van der Waals surface area contributed by atoms with E-state index in [0.717, 1.165) is 65.9 Å². The standard InChI is InChI=1S/C36H34FN7O4/c1-20(23-4-5-25(17-38)27(37)16-23)44-29-8-6-24(15-26(29)18-39-44)31-32(35-42-41-21(2)48-35)28(7-3-22-9-12-46-13-10-22)40-34-30-19-47-14-11-43(30)36(45)33(31)34/h4-6,8,15-16,18,20,22,30H,3,7,9-14,19H2,1-2H3/t20?,30-/m1/s1. The minimum atomic E-state index is -0.560. The van der Waals surface area contributed by atoms with Gasteiger partial charge in [-0.05, 0) is 73.9 Å². The van der Waals surface area contributed by atoms with Gasteiger partial charge in [-0.2, -0.15) is 10.4 Å². The molecule has 0 spiro atoms. The maximum atomic E-state index is 14.5. The molecular formula is C36H34FN7O4. The van der Waals surface area contributed by atoms with Crippen LogP contribution in [-0.4, -0.2) is 68.7 Å². The number of hydrogen-bond acceptors (Lipinski definition) is 9. The number of ether oxygens (including phenoxy) is 2. The Morgan fingerprint density at radius 3 is 2.69 bits per heavy atom. The minimum absolute atomic E-state index is 0.00227. The summed E-state index contributed by atoms with van der Waals surface area (Å²) in [6.45, 7) is 6.58. The normalized spacial score (nSPS) is 18.6. The molecule has 0 aliphatic carbocycles. The number of halogens is 1. The summed E-state index contributed by atoms with van der Waals surface area (Å²) < 4.78 is 33.9. The van der Waals surface area contributed by atoms with Crippen LogP contribution in [0.2, 0.25) is 0 Å². The Hall–Kier alpha value is -4.99. The first-order chi connectivity index (χ1) is 23.4. The van der Waals surface area contributed by atoms with E-state index in [2.05, 4.69) is 15.3 Å². The number of nitriles is 1. The van der Waals surface area contributed by atoms with Crippen LogP contribution in [0.4, 0.5) is 4.39 Å². The highest BCUT2D eigenvalue weighted by Gasteiger charge is 2.44. The predicted octanol–water partition coefficient (Wildman–Crippen LogP) is 5.96. The van der Waals surface area contributed by atoms with Crippen LogP contribution in [0.1, 0.15) is 77.0 Å². The molecule has 2 aromatic carbocycles. The third kappa shape index (κ3) is 5.14. The van der Waals surface area contributed by atoms with Gasteiger partial charge >= 0.3 is 0 Å². The van der Waals surface area contributed by atoms with Crippen LogP contribution in [0.25, 0.3) is 33.5 Å². The quantitative estimate of drug-likeness (QED) is 0.210. The van der Waals surface area contributed by atoms with Crippen molar-refractivity contribution in [3.05, 3.63) is 82.4 Å². The molecule has 11 nitrogen and oxygen atoms in total. The van der Waals surface area contributed by atoms with E-state index in [1.165, 1.54) is 12.1 Å². The summed E-state index contributed by atoms with van der Waals surface area (Å²) in [6, 6.07) is 11.9. The van der Waals surface area contributed by atoms with E-state index in [-0.39, 0.29) is 23.6 Å². The van der Waals surface area contributed by atoms with Crippen molar-refractivity contribution in [2.24, 2.45) is 5.92 Å². The molecule has 0 saturated carbocycles. The molecule has 3 aromatic heterocycles. The van der Waals surface area contributed by atoms with E-state index in [1.54, 1.807) is 19.2 Å². The number of morpholine rings is 1. The van der Waals surface area contributed by atoms with Crippen LogP contribution >= 0.6 is 0 Å². The first kappa shape index (κ1) is 30.4. The summed E-state index contributed by atoms with van der Waals surface area (Å²) in [4.78, 5) is 21.3. The van der Waals surface area contributed by atoms with Gasteiger partial charge < -0.3 is 18.8 Å². The number of nitrogens with zero attached hydrogens (tertiary/aromatic N) is 7. The summed E-state index contributed by atoms with van der Waals surface area (Å²) in [5.74, 6) is 0.630. The highest BCUT2D eigenvalue weighted by Crippen LogP contribution is 2.46. The highest BCUT2D eigenvalue weighted by molar-refractivity contribution is 6.08. The molecule has 1 unspecified atom stereocenters. The van der Waals surface area contributed by atoms with Gasteiger partial charge in [0.1, 0.15) is 11.9 Å². The first-order valence-electron chi connectivity index (χ1n) is 16.4. The molecule has 0 radical (unpaired) electrons. The van der Waals surface area contributed by atoms with Crippen molar-refractivity contribution < 1.29 is 23.1 Å². The molecule has 2 saturated heterocycles. The second kappa shape index (κ2) is 12.2. The monoisotopic (exact) mass is 647 g/mol. The number of carbonyl (C=O) groups excluding carboxylic acids is 1. The SMILES string of the molecule is Cc1nnc(-c2c(CCC3CCOCC3)nc3c(c2-c2ccc4c(cnn4C(C)c4ccc(C#N)c(F)c4)c2)C(=O)N2CCOC[C@H]32)o1. The summed E-state index contributed by atoms with van der Waals surface area (Å²) in [6.07, 6.45) is 5.39. The van der Waals surface area contributed by atoms with Crippen LogP contribution < -0.4 is 0 Å². The fraction of sp³-hybridized carbons (Fsp3) is 0.389. The molecule has 0 N–H and O–H groups in total. The average molecular weight is 648 g/mol. The van der Waals surface area contributed by atoms with Gasteiger partial charge in [-0.15, -0.1) is 10.2 Å². The number of hydrogen-bond donors (Lipinski definition) is 0. The van der Waals surface area contributed by atoms with Crippen LogP contribution in [0.15, 0.2) is 47.0 Å². The molecule has 0 bridgehead atoms. The Labute approximate surface area is 276 Å². The van der Waals surface area contributed by atoms with Gasteiger partial charge in [0.05, 0.1) is 65.1 Å². The lowest BCUT2D eigenvalue weighted by molar-refractivity contribution is 0.00352. The van der Waals surface area contributed by atoms with Crippen LogP contribution in [0.3, 0.4) is 0 Å². The zero-order valence-corrected chi connectivity index (χ0v) is 26.8. The second-order valence-electron chi connectivity index (χ2n) is 12.8. The van der Waals surface area contributed by atoms with Crippen molar-refractivity contribution in [2.75, 3.05) is 33.0 Å². The number of benzene rings is 2. The fourth-order valence-electron chi connectivity index (χ4n) is 7.34. The lowest BCUT2D eigenvalue weighted by Gasteiger charge is -2.29. The fourth-order valence-corrected chi connectivity index (χ4v) is 7.34. The van der Waals surface area contributed by atoms with Crippen molar-refractivity contribution in [3.8, 4) is 28.7 Å².